The molecule has 2 heterocycles. The zero-order valence-electron chi connectivity index (χ0n) is 15.6. The second-order valence-corrected chi connectivity index (χ2v) is 18.5. The van der Waals surface area contributed by atoms with E-state index in [0.717, 1.165) is 0 Å². The molecule has 0 bridgehead atoms. The van der Waals surface area contributed by atoms with Crippen LogP contribution < -0.4 is 11.3 Å². The normalized spacial score (nSPS) is 23.3. The van der Waals surface area contributed by atoms with Gasteiger partial charge in [0.25, 0.3) is 8.27 Å². The Morgan fingerprint density at radius 3 is 2.53 bits per heavy atom. The maximum absolute atomic E-state index is 12.2. The third-order valence-electron chi connectivity index (χ3n) is 4.21. The predicted molar refractivity (Wildman–Crippen MR) is 118 cm³/mol. The number of imidazole rings is 1. The SMILES string of the molecule is Nc1nc2c(ncn2[C@@H]2C=C[C@H](OCP(=O)(O)OP(=O)(O)C(Br)(Br)P(=O)(O)O)C2)c(=O)[nH]1. The molecule has 15 nitrogen and oxygen atoms in total. The van der Waals surface area contributed by atoms with Gasteiger partial charge in [-0.15, -0.1) is 0 Å². The lowest BCUT2D eigenvalue weighted by atomic mass is 10.2. The molecule has 1 aliphatic rings. The van der Waals surface area contributed by atoms with Crippen LogP contribution in [0.5, 0.6) is 0 Å². The number of nitrogen functional groups attached to an aromatic ring is 1. The third-order valence-corrected chi connectivity index (χ3v) is 15.0. The van der Waals surface area contributed by atoms with Crippen LogP contribution in [0.2, 0.25) is 0 Å². The number of aromatic amines is 1. The highest BCUT2D eigenvalue weighted by molar-refractivity contribution is 9.29. The molecule has 32 heavy (non-hydrogen) atoms. The van der Waals surface area contributed by atoms with Crippen molar-refractivity contribution in [3.8, 4) is 0 Å². The van der Waals surface area contributed by atoms with E-state index < -0.39 is 49.6 Å². The van der Waals surface area contributed by atoms with Gasteiger partial charge in [0.05, 0.1) is 18.5 Å². The lowest BCUT2D eigenvalue weighted by molar-refractivity contribution is 0.103. The molecule has 0 amide bonds. The zero-order valence-corrected chi connectivity index (χ0v) is 21.4. The zero-order chi connectivity index (χ0) is 24.1. The van der Waals surface area contributed by atoms with Crippen molar-refractivity contribution >= 4 is 71.8 Å². The fourth-order valence-corrected chi connectivity index (χ4v) is 7.92. The summed E-state index contributed by atoms with van der Waals surface area (Å²) >= 11 is 4.67. The Morgan fingerprint density at radius 1 is 1.25 bits per heavy atom. The number of halogens is 2. The molecule has 2 aromatic heterocycles. The van der Waals surface area contributed by atoms with Crippen LogP contribution in [0.1, 0.15) is 12.5 Å². The van der Waals surface area contributed by atoms with Crippen LogP contribution in [0, 0.1) is 0 Å². The summed E-state index contributed by atoms with van der Waals surface area (Å²) in [5.41, 5.74) is 5.34. The highest BCUT2D eigenvalue weighted by Gasteiger charge is 2.60. The number of hydrogen-bond acceptors (Lipinski definition) is 9. The highest BCUT2D eigenvalue weighted by Crippen LogP contribution is 2.81. The van der Waals surface area contributed by atoms with E-state index in [1.807, 2.05) is 0 Å². The molecule has 0 spiro atoms. The number of rotatable bonds is 8. The van der Waals surface area contributed by atoms with Crippen LogP contribution in [0.3, 0.4) is 0 Å². The van der Waals surface area contributed by atoms with Gasteiger partial charge in [-0.3, -0.25) is 23.5 Å². The number of ether oxygens (including phenoxy) is 1. The molecule has 0 radical (unpaired) electrons. The Bertz CT molecular complexity index is 1270. The summed E-state index contributed by atoms with van der Waals surface area (Å²) in [5, 5.41) is 0. The number of hydrogen-bond donors (Lipinski definition) is 6. The number of alkyl halides is 2. The number of aromatic nitrogens is 4. The van der Waals surface area contributed by atoms with E-state index in [1.54, 1.807) is 16.7 Å². The van der Waals surface area contributed by atoms with Crippen LogP contribution in [-0.2, 0) is 22.7 Å². The number of anilines is 1. The summed E-state index contributed by atoms with van der Waals surface area (Å²) in [4.78, 5) is 60.2. The maximum Gasteiger partial charge on any atom is 0.375 e. The van der Waals surface area contributed by atoms with E-state index in [1.165, 1.54) is 6.33 Å². The quantitative estimate of drug-likeness (QED) is 0.136. The van der Waals surface area contributed by atoms with Gasteiger partial charge in [-0.2, -0.15) is 4.98 Å². The minimum absolute atomic E-state index is 0.0713. The van der Waals surface area contributed by atoms with Crippen molar-refractivity contribution in [1.29, 1.82) is 0 Å². The van der Waals surface area contributed by atoms with E-state index in [9.17, 15) is 28.3 Å². The van der Waals surface area contributed by atoms with Crippen molar-refractivity contribution in [1.82, 2.24) is 19.5 Å². The summed E-state index contributed by atoms with van der Waals surface area (Å²) in [5.74, 6) is -0.101. The van der Waals surface area contributed by atoms with Gasteiger partial charge in [-0.05, 0) is 31.9 Å². The van der Waals surface area contributed by atoms with E-state index in [-0.39, 0.29) is 23.5 Å². The van der Waals surface area contributed by atoms with Gasteiger partial charge in [0.15, 0.2) is 11.2 Å². The number of H-pyrrole nitrogens is 1. The van der Waals surface area contributed by atoms with Gasteiger partial charge >= 0.3 is 22.8 Å². The van der Waals surface area contributed by atoms with Gasteiger partial charge in [0.2, 0.25) is 5.95 Å². The molecule has 0 saturated heterocycles. The smallest absolute Gasteiger partial charge is 0.369 e. The molecular weight excluding hydrogens is 627 g/mol. The molecule has 2 aromatic rings. The Hall–Kier alpha value is -0.700. The second-order valence-electron chi connectivity index (χ2n) is 6.59. The summed E-state index contributed by atoms with van der Waals surface area (Å²) in [6, 6.07) is -0.394. The first-order valence-electron chi connectivity index (χ1n) is 8.36. The Kier molecular flexibility index (Phi) is 7.14. The van der Waals surface area contributed by atoms with Crippen molar-refractivity contribution in [2.24, 2.45) is 0 Å². The molecular formula is C12H16Br2N5O10P3. The molecule has 2 unspecified atom stereocenters. The highest BCUT2D eigenvalue weighted by atomic mass is 79.9. The van der Waals surface area contributed by atoms with E-state index in [2.05, 4.69) is 51.1 Å². The molecule has 7 N–H and O–H groups in total. The van der Waals surface area contributed by atoms with Crippen LogP contribution >= 0.6 is 54.6 Å². The summed E-state index contributed by atoms with van der Waals surface area (Å²) in [6.07, 6.45) is 3.02. The molecule has 0 aromatic carbocycles. The van der Waals surface area contributed by atoms with Crippen molar-refractivity contribution in [3.05, 3.63) is 28.8 Å². The monoisotopic (exact) mass is 641 g/mol. The standard InChI is InChI=1S/C12H16Br2N5O10P3/c13-12(14,31(23,24)25)32(26,27)29-30(21,22)5-28-7-2-1-6(3-7)19-4-16-8-9(19)17-11(15)18-10(8)20/h1-2,4,6-7H,3,5H2,(H,21,22)(H,26,27)(H2,23,24,25)(H3,15,17,18,20)/t6-,7+/m1/s1. The third kappa shape index (κ3) is 5.18. The first-order chi connectivity index (χ1) is 14.5. The van der Waals surface area contributed by atoms with Crippen molar-refractivity contribution in [3.63, 3.8) is 0 Å². The van der Waals surface area contributed by atoms with Crippen LogP contribution in [0.4, 0.5) is 5.95 Å². The Balaban J connectivity index is 1.66. The van der Waals surface area contributed by atoms with Crippen LogP contribution in [-0.4, -0.2) is 54.3 Å². The first-order valence-corrected chi connectivity index (χ1v) is 14.9. The average Bonchev–Trinajstić information content (AvgIpc) is 3.24. The van der Waals surface area contributed by atoms with E-state index in [0.29, 0.717) is 0 Å². The van der Waals surface area contributed by atoms with E-state index >= 15 is 0 Å². The predicted octanol–water partition coefficient (Wildman–Crippen LogP) is 1.51. The minimum atomic E-state index is -5.39. The minimum Gasteiger partial charge on any atom is -0.369 e. The molecule has 4 atom stereocenters. The summed E-state index contributed by atoms with van der Waals surface area (Å²) in [7, 11) is -15.6. The molecule has 0 saturated carbocycles. The summed E-state index contributed by atoms with van der Waals surface area (Å²) < 4.78 is 43.9. The number of allylic oxidation sites excluding steroid dienone is 1. The molecule has 0 aliphatic heterocycles. The van der Waals surface area contributed by atoms with Gasteiger partial charge < -0.3 is 34.6 Å². The van der Waals surface area contributed by atoms with Crippen molar-refractivity contribution in [2.45, 2.75) is 21.3 Å². The number of nitrogens with zero attached hydrogens (tertiary/aromatic N) is 3. The fourth-order valence-electron chi connectivity index (χ4n) is 2.76. The average molecular weight is 643 g/mol. The van der Waals surface area contributed by atoms with Gasteiger partial charge in [0, 0.05) is 6.42 Å². The van der Waals surface area contributed by atoms with Crippen LogP contribution in [0.15, 0.2) is 23.3 Å². The largest absolute Gasteiger partial charge is 0.375 e. The Labute approximate surface area is 195 Å². The molecule has 1 aliphatic carbocycles. The fraction of sp³-hybridized carbons (Fsp3) is 0.417. The molecule has 3 rings (SSSR count). The van der Waals surface area contributed by atoms with E-state index in [4.69, 9.17) is 20.3 Å². The van der Waals surface area contributed by atoms with Gasteiger partial charge in [-0.1, -0.05) is 12.2 Å². The summed E-state index contributed by atoms with van der Waals surface area (Å²) in [6.45, 7) is 0. The van der Waals surface area contributed by atoms with Gasteiger partial charge in [0.1, 0.15) is 6.35 Å². The van der Waals surface area contributed by atoms with Crippen molar-refractivity contribution in [2.75, 3.05) is 12.1 Å². The molecule has 20 heteroatoms. The maximum atomic E-state index is 12.2. The first kappa shape index (κ1) is 25.9. The molecule has 178 valence electrons. The van der Waals surface area contributed by atoms with Gasteiger partial charge in [-0.25, -0.2) is 9.29 Å². The second kappa shape index (κ2) is 8.82. The Morgan fingerprint density at radius 2 is 1.91 bits per heavy atom. The lowest BCUT2D eigenvalue weighted by Crippen LogP contribution is -2.16. The number of nitrogens with one attached hydrogen (secondary N) is 1. The number of fused-ring (bicyclic) bond motifs is 1. The topological polar surface area (TPSA) is 240 Å². The molecule has 0 fully saturated rings. The lowest BCUT2D eigenvalue weighted by Gasteiger charge is -2.27. The van der Waals surface area contributed by atoms with Crippen LogP contribution in [0.25, 0.3) is 11.2 Å². The number of nitrogens with two attached hydrogens (primary N) is 1. The van der Waals surface area contributed by atoms with Crippen molar-refractivity contribution < 1.29 is 42.3 Å².